The molecule has 4 heteroatoms. The van der Waals surface area contributed by atoms with Crippen LogP contribution in [0.4, 0.5) is 0 Å². The molecule has 1 aliphatic heterocycles. The van der Waals surface area contributed by atoms with Crippen LogP contribution in [0.1, 0.15) is 33.6 Å². The Morgan fingerprint density at radius 3 is 2.87 bits per heavy atom. The van der Waals surface area contributed by atoms with E-state index in [1.165, 1.54) is 0 Å². The summed E-state index contributed by atoms with van der Waals surface area (Å²) >= 11 is 0. The lowest BCUT2D eigenvalue weighted by molar-refractivity contribution is -0.128. The lowest BCUT2D eigenvalue weighted by Crippen LogP contribution is -2.53. The van der Waals surface area contributed by atoms with Gasteiger partial charge in [0.05, 0.1) is 11.6 Å². The number of nitrogens with one attached hydrogen (secondary N) is 1. The maximum Gasteiger partial charge on any atom is 0.237 e. The summed E-state index contributed by atoms with van der Waals surface area (Å²) in [6.07, 6.45) is 1.78. The fraction of sp³-hybridized carbons (Fsp3) is 0.909. The van der Waals surface area contributed by atoms with Gasteiger partial charge in [0.15, 0.2) is 0 Å². The fourth-order valence-electron chi connectivity index (χ4n) is 2.08. The van der Waals surface area contributed by atoms with Gasteiger partial charge in [-0.15, -0.1) is 0 Å². The van der Waals surface area contributed by atoms with Crippen molar-refractivity contribution in [3.05, 3.63) is 0 Å². The van der Waals surface area contributed by atoms with Gasteiger partial charge < -0.3 is 10.4 Å². The Kier molecular flexibility index (Phi) is 4.11. The number of nitrogens with zero attached hydrogens (tertiary/aromatic N) is 1. The minimum atomic E-state index is -0.640. The lowest BCUT2D eigenvalue weighted by atomic mass is 9.94. The van der Waals surface area contributed by atoms with Crippen LogP contribution in [0.15, 0.2) is 0 Å². The lowest BCUT2D eigenvalue weighted by Gasteiger charge is -2.39. The maximum absolute atomic E-state index is 11.6. The molecule has 1 aliphatic rings. The summed E-state index contributed by atoms with van der Waals surface area (Å²) in [7, 11) is 0. The first-order chi connectivity index (χ1) is 6.96. The molecule has 88 valence electrons. The summed E-state index contributed by atoms with van der Waals surface area (Å²) in [5.74, 6) is 0.0511. The van der Waals surface area contributed by atoms with Gasteiger partial charge in [0.2, 0.25) is 5.91 Å². The topological polar surface area (TPSA) is 52.6 Å². The minimum Gasteiger partial charge on any atom is -0.389 e. The summed E-state index contributed by atoms with van der Waals surface area (Å²) in [6, 6.07) is -0.142. The standard InChI is InChI=1S/C11H22N2O2/c1-4-12-10(14)9(2)13-7-5-6-11(3,15)8-13/h9,15H,4-8H2,1-3H3,(H,12,14). The van der Waals surface area contributed by atoms with Crippen molar-refractivity contribution < 1.29 is 9.90 Å². The number of piperidine rings is 1. The van der Waals surface area contributed by atoms with Gasteiger partial charge in [-0.2, -0.15) is 0 Å². The molecule has 1 amide bonds. The van der Waals surface area contributed by atoms with E-state index in [9.17, 15) is 9.90 Å². The molecule has 0 radical (unpaired) electrons. The number of carbonyl (C=O) groups is 1. The van der Waals surface area contributed by atoms with Crippen molar-refractivity contribution in [2.24, 2.45) is 0 Å². The average molecular weight is 214 g/mol. The number of likely N-dealkylation sites (N-methyl/N-ethyl adjacent to an activating group) is 1. The average Bonchev–Trinajstić information content (AvgIpc) is 2.15. The number of rotatable bonds is 3. The maximum atomic E-state index is 11.6. The van der Waals surface area contributed by atoms with Crippen molar-refractivity contribution in [3.8, 4) is 0 Å². The molecule has 2 atom stereocenters. The molecule has 2 unspecified atom stereocenters. The van der Waals surface area contributed by atoms with Gasteiger partial charge in [-0.3, -0.25) is 9.69 Å². The van der Waals surface area contributed by atoms with Gasteiger partial charge in [-0.05, 0) is 40.2 Å². The van der Waals surface area contributed by atoms with Gasteiger partial charge in [0.1, 0.15) is 0 Å². The zero-order valence-corrected chi connectivity index (χ0v) is 9.92. The number of β-amino-alcohol motifs (C(OH)–C–C–N with tert-alkyl or cyclic N) is 1. The van der Waals surface area contributed by atoms with E-state index in [1.54, 1.807) is 0 Å². The van der Waals surface area contributed by atoms with Gasteiger partial charge in [0, 0.05) is 13.1 Å². The number of carbonyl (C=O) groups excluding carboxylic acids is 1. The number of hydrogen-bond donors (Lipinski definition) is 2. The molecule has 1 fully saturated rings. The quantitative estimate of drug-likeness (QED) is 0.713. The molecule has 0 aromatic rings. The van der Waals surface area contributed by atoms with Gasteiger partial charge in [0.25, 0.3) is 0 Å². The van der Waals surface area contributed by atoms with E-state index in [1.807, 2.05) is 20.8 Å². The van der Waals surface area contributed by atoms with Crippen molar-refractivity contribution in [1.29, 1.82) is 0 Å². The van der Waals surface area contributed by atoms with E-state index in [0.29, 0.717) is 13.1 Å². The van der Waals surface area contributed by atoms with Crippen molar-refractivity contribution in [2.45, 2.75) is 45.3 Å². The summed E-state index contributed by atoms with van der Waals surface area (Å²) in [5.41, 5.74) is -0.640. The number of aliphatic hydroxyl groups is 1. The Balaban J connectivity index is 2.52. The second kappa shape index (κ2) is 4.94. The molecule has 1 rings (SSSR count). The zero-order valence-electron chi connectivity index (χ0n) is 9.92. The van der Waals surface area contributed by atoms with Crippen LogP contribution >= 0.6 is 0 Å². The zero-order chi connectivity index (χ0) is 11.5. The van der Waals surface area contributed by atoms with Crippen molar-refractivity contribution >= 4 is 5.91 Å². The fourth-order valence-corrected chi connectivity index (χ4v) is 2.08. The van der Waals surface area contributed by atoms with Crippen LogP contribution in [0.2, 0.25) is 0 Å². The molecular formula is C11H22N2O2. The normalized spacial score (nSPS) is 29.9. The first-order valence-electron chi connectivity index (χ1n) is 5.70. The van der Waals surface area contributed by atoms with Crippen LogP contribution in [-0.2, 0) is 4.79 Å². The Morgan fingerprint density at radius 1 is 1.67 bits per heavy atom. The Morgan fingerprint density at radius 2 is 2.33 bits per heavy atom. The second-order valence-electron chi connectivity index (χ2n) is 4.64. The van der Waals surface area contributed by atoms with Crippen molar-refractivity contribution in [2.75, 3.05) is 19.6 Å². The summed E-state index contributed by atoms with van der Waals surface area (Å²) in [4.78, 5) is 13.7. The van der Waals surface area contributed by atoms with Crippen LogP contribution < -0.4 is 5.32 Å². The predicted molar refractivity (Wildman–Crippen MR) is 59.6 cm³/mol. The summed E-state index contributed by atoms with van der Waals surface area (Å²) in [5, 5.41) is 12.7. The van der Waals surface area contributed by atoms with Gasteiger partial charge in [-0.25, -0.2) is 0 Å². The highest BCUT2D eigenvalue weighted by Gasteiger charge is 2.32. The van der Waals surface area contributed by atoms with E-state index in [-0.39, 0.29) is 11.9 Å². The largest absolute Gasteiger partial charge is 0.389 e. The van der Waals surface area contributed by atoms with Crippen LogP contribution in [0.25, 0.3) is 0 Å². The Bertz CT molecular complexity index is 229. The monoisotopic (exact) mass is 214 g/mol. The molecule has 0 saturated carbocycles. The molecule has 4 nitrogen and oxygen atoms in total. The van der Waals surface area contributed by atoms with Gasteiger partial charge in [-0.1, -0.05) is 0 Å². The van der Waals surface area contributed by atoms with Crippen LogP contribution in [0, 0.1) is 0 Å². The third kappa shape index (κ3) is 3.47. The molecule has 0 aromatic carbocycles. The van der Waals surface area contributed by atoms with Crippen LogP contribution in [0.5, 0.6) is 0 Å². The highest BCUT2D eigenvalue weighted by Crippen LogP contribution is 2.21. The predicted octanol–water partition coefficient (Wildman–Crippen LogP) is 0.358. The van der Waals surface area contributed by atoms with Crippen LogP contribution in [-0.4, -0.2) is 47.2 Å². The number of amides is 1. The Hall–Kier alpha value is -0.610. The van der Waals surface area contributed by atoms with Crippen molar-refractivity contribution in [3.63, 3.8) is 0 Å². The molecule has 2 N–H and O–H groups in total. The van der Waals surface area contributed by atoms with Gasteiger partial charge >= 0.3 is 0 Å². The van der Waals surface area contributed by atoms with E-state index < -0.39 is 5.60 Å². The molecule has 1 saturated heterocycles. The van der Waals surface area contributed by atoms with Crippen LogP contribution in [0.3, 0.4) is 0 Å². The van der Waals surface area contributed by atoms with E-state index >= 15 is 0 Å². The number of likely N-dealkylation sites (tertiary alicyclic amines) is 1. The van der Waals surface area contributed by atoms with E-state index in [2.05, 4.69) is 10.2 Å². The minimum absolute atomic E-state index is 0.0511. The van der Waals surface area contributed by atoms with E-state index in [0.717, 1.165) is 19.4 Å². The molecule has 0 bridgehead atoms. The molecule has 0 spiro atoms. The summed E-state index contributed by atoms with van der Waals surface area (Å²) in [6.45, 7) is 7.79. The van der Waals surface area contributed by atoms with E-state index in [4.69, 9.17) is 0 Å². The first kappa shape index (κ1) is 12.5. The molecule has 0 aromatic heterocycles. The first-order valence-corrected chi connectivity index (χ1v) is 5.70. The third-order valence-electron chi connectivity index (χ3n) is 2.98. The number of hydrogen-bond acceptors (Lipinski definition) is 3. The molecule has 1 heterocycles. The smallest absolute Gasteiger partial charge is 0.237 e. The SMILES string of the molecule is CCNC(=O)C(C)N1CCCC(C)(O)C1. The highest BCUT2D eigenvalue weighted by molar-refractivity contribution is 5.81. The van der Waals surface area contributed by atoms with Crippen molar-refractivity contribution in [1.82, 2.24) is 10.2 Å². The molecule has 15 heavy (non-hydrogen) atoms. The molecular weight excluding hydrogens is 192 g/mol. The second-order valence-corrected chi connectivity index (χ2v) is 4.64. The highest BCUT2D eigenvalue weighted by atomic mass is 16.3. The molecule has 0 aliphatic carbocycles. The third-order valence-corrected chi connectivity index (χ3v) is 2.98. The Labute approximate surface area is 91.6 Å². The summed E-state index contributed by atoms with van der Waals surface area (Å²) < 4.78 is 0.